The monoisotopic (exact) mass is 216 g/mol. The normalized spacial score (nSPS) is 18.8. The summed E-state index contributed by atoms with van der Waals surface area (Å²) >= 11 is 0. The van der Waals surface area contributed by atoms with Crippen LogP contribution >= 0.6 is 10.7 Å². The molecule has 0 saturated heterocycles. The lowest BCUT2D eigenvalue weighted by Crippen LogP contribution is -2.40. The van der Waals surface area contributed by atoms with Gasteiger partial charge in [-0.25, -0.2) is 12.8 Å². The van der Waals surface area contributed by atoms with Crippen LogP contribution in [-0.2, 0) is 9.05 Å². The molecule has 74 valence electrons. The van der Waals surface area contributed by atoms with Crippen LogP contribution in [0.15, 0.2) is 0 Å². The van der Waals surface area contributed by atoms with E-state index in [1.165, 1.54) is 6.92 Å². The van der Waals surface area contributed by atoms with Crippen molar-refractivity contribution >= 4 is 19.7 Å². The van der Waals surface area contributed by atoms with Gasteiger partial charge in [0.2, 0.25) is 9.05 Å². The Morgan fingerprint density at radius 3 is 1.67 bits per heavy atom. The Bertz CT molecular complexity index is 251. The zero-order valence-corrected chi connectivity index (χ0v) is 9.26. The Balaban J connectivity index is 4.67. The summed E-state index contributed by atoms with van der Waals surface area (Å²) in [4.78, 5) is 0. The summed E-state index contributed by atoms with van der Waals surface area (Å²) in [6.45, 7) is 6.14. The minimum absolute atomic E-state index is 0.648. The van der Waals surface area contributed by atoms with E-state index in [1.807, 2.05) is 0 Å². The molecule has 0 aromatic carbocycles. The van der Waals surface area contributed by atoms with Crippen molar-refractivity contribution in [1.29, 1.82) is 0 Å². The molecule has 0 aromatic heterocycles. The molecule has 2 nitrogen and oxygen atoms in total. The van der Waals surface area contributed by atoms with Gasteiger partial charge in [0.05, 0.1) is 5.75 Å². The molecule has 0 aliphatic heterocycles. The van der Waals surface area contributed by atoms with E-state index < -0.39 is 25.9 Å². The molecule has 1 atom stereocenters. The second kappa shape index (κ2) is 3.14. The average molecular weight is 217 g/mol. The fraction of sp³-hybridized carbons (Fsp3) is 1.00. The number of hydrogen-bond acceptors (Lipinski definition) is 2. The molecular formula is C7H14ClFO2S. The van der Waals surface area contributed by atoms with E-state index in [9.17, 15) is 12.8 Å². The first-order valence-corrected chi connectivity index (χ1v) is 6.05. The van der Waals surface area contributed by atoms with Crippen LogP contribution in [0.1, 0.15) is 27.7 Å². The van der Waals surface area contributed by atoms with E-state index in [1.54, 1.807) is 20.8 Å². The van der Waals surface area contributed by atoms with Gasteiger partial charge in [-0.05, 0) is 12.3 Å². The highest BCUT2D eigenvalue weighted by molar-refractivity contribution is 8.13. The minimum atomic E-state index is -3.77. The van der Waals surface area contributed by atoms with Crippen molar-refractivity contribution < 1.29 is 12.8 Å². The fourth-order valence-electron chi connectivity index (χ4n) is 0.540. The topological polar surface area (TPSA) is 34.1 Å². The first-order chi connectivity index (χ1) is 4.96. The van der Waals surface area contributed by atoms with Gasteiger partial charge in [-0.3, -0.25) is 0 Å². The van der Waals surface area contributed by atoms with E-state index in [2.05, 4.69) is 0 Å². The molecular weight excluding hydrogens is 203 g/mol. The third kappa shape index (κ3) is 3.72. The number of alkyl halides is 1. The Morgan fingerprint density at radius 1 is 1.25 bits per heavy atom. The Hall–Kier alpha value is 0.170. The van der Waals surface area contributed by atoms with E-state index >= 15 is 0 Å². The molecule has 12 heavy (non-hydrogen) atoms. The molecule has 0 saturated carbocycles. The maximum atomic E-state index is 13.6. The minimum Gasteiger partial charge on any atom is -0.242 e. The highest BCUT2D eigenvalue weighted by atomic mass is 35.7. The van der Waals surface area contributed by atoms with Crippen LogP contribution in [0.3, 0.4) is 0 Å². The molecule has 0 fully saturated rings. The fourth-order valence-corrected chi connectivity index (χ4v) is 2.24. The van der Waals surface area contributed by atoms with Gasteiger partial charge in [0.15, 0.2) is 0 Å². The maximum absolute atomic E-state index is 13.6. The second-order valence-corrected chi connectivity index (χ2v) is 6.91. The predicted molar refractivity (Wildman–Crippen MR) is 48.6 cm³/mol. The molecule has 5 heteroatoms. The highest BCUT2D eigenvalue weighted by Crippen LogP contribution is 2.35. The third-order valence-electron chi connectivity index (χ3n) is 2.01. The molecule has 0 heterocycles. The zero-order chi connectivity index (χ0) is 10.2. The summed E-state index contributed by atoms with van der Waals surface area (Å²) < 4.78 is 34.9. The Labute approximate surface area is 77.5 Å². The quantitative estimate of drug-likeness (QED) is 0.664. The van der Waals surface area contributed by atoms with Crippen LogP contribution in [0.25, 0.3) is 0 Å². The molecule has 0 radical (unpaired) electrons. The predicted octanol–water partition coefficient (Wildman–Crippen LogP) is 2.33. The SMILES string of the molecule is CC(C)(C)C(C)(F)CS(=O)(=O)Cl. The summed E-state index contributed by atoms with van der Waals surface area (Å²) in [5, 5.41) is 0. The van der Waals surface area contributed by atoms with Crippen molar-refractivity contribution in [2.45, 2.75) is 33.4 Å². The molecule has 0 N–H and O–H groups in total. The summed E-state index contributed by atoms with van der Waals surface area (Å²) in [5.74, 6) is -0.648. The van der Waals surface area contributed by atoms with Crippen molar-refractivity contribution in [3.63, 3.8) is 0 Å². The average Bonchev–Trinajstić information content (AvgIpc) is 1.52. The van der Waals surface area contributed by atoms with E-state index in [0.717, 1.165) is 0 Å². The van der Waals surface area contributed by atoms with Crippen molar-refractivity contribution in [3.05, 3.63) is 0 Å². The smallest absolute Gasteiger partial charge is 0.235 e. The Kier molecular flexibility index (Phi) is 3.19. The van der Waals surface area contributed by atoms with Gasteiger partial charge >= 0.3 is 0 Å². The van der Waals surface area contributed by atoms with Crippen LogP contribution in [0.2, 0.25) is 0 Å². The molecule has 1 unspecified atom stereocenters. The number of rotatable bonds is 2. The molecule has 0 bridgehead atoms. The first kappa shape index (κ1) is 12.2. The van der Waals surface area contributed by atoms with E-state index in [-0.39, 0.29) is 0 Å². The van der Waals surface area contributed by atoms with Gasteiger partial charge in [0.1, 0.15) is 5.67 Å². The van der Waals surface area contributed by atoms with Gasteiger partial charge in [-0.15, -0.1) is 0 Å². The molecule has 0 rings (SSSR count). The number of halogens is 2. The summed E-state index contributed by atoms with van der Waals surface area (Å²) in [5.41, 5.74) is -2.53. The summed E-state index contributed by atoms with van der Waals surface area (Å²) in [6.07, 6.45) is 0. The van der Waals surface area contributed by atoms with E-state index in [0.29, 0.717) is 0 Å². The summed E-state index contributed by atoms with van der Waals surface area (Å²) in [7, 11) is 1.19. The van der Waals surface area contributed by atoms with Crippen molar-refractivity contribution in [1.82, 2.24) is 0 Å². The molecule has 0 aliphatic rings. The molecule has 0 aliphatic carbocycles. The van der Waals surface area contributed by atoms with Gasteiger partial charge in [-0.1, -0.05) is 20.8 Å². The first-order valence-electron chi connectivity index (χ1n) is 3.57. The Morgan fingerprint density at radius 2 is 1.58 bits per heavy atom. The number of hydrogen-bond donors (Lipinski definition) is 0. The largest absolute Gasteiger partial charge is 0.242 e. The van der Waals surface area contributed by atoms with Gasteiger partial charge in [-0.2, -0.15) is 0 Å². The van der Waals surface area contributed by atoms with Crippen LogP contribution in [0.4, 0.5) is 4.39 Å². The molecule has 0 spiro atoms. The lowest BCUT2D eigenvalue weighted by molar-refractivity contribution is 0.0721. The van der Waals surface area contributed by atoms with Crippen LogP contribution in [0, 0.1) is 5.41 Å². The van der Waals surface area contributed by atoms with E-state index in [4.69, 9.17) is 10.7 Å². The third-order valence-corrected chi connectivity index (χ3v) is 3.22. The molecule has 0 aromatic rings. The van der Waals surface area contributed by atoms with Crippen LogP contribution in [0.5, 0.6) is 0 Å². The lowest BCUT2D eigenvalue weighted by atomic mass is 9.81. The van der Waals surface area contributed by atoms with Gasteiger partial charge in [0.25, 0.3) is 0 Å². The lowest BCUT2D eigenvalue weighted by Gasteiger charge is -2.33. The zero-order valence-electron chi connectivity index (χ0n) is 7.69. The van der Waals surface area contributed by atoms with Crippen LogP contribution in [-0.4, -0.2) is 19.8 Å². The second-order valence-electron chi connectivity index (χ2n) is 4.13. The maximum Gasteiger partial charge on any atom is 0.235 e. The van der Waals surface area contributed by atoms with Crippen molar-refractivity contribution in [3.8, 4) is 0 Å². The van der Waals surface area contributed by atoms with Crippen LogP contribution < -0.4 is 0 Å². The molecule has 0 amide bonds. The van der Waals surface area contributed by atoms with Crippen molar-refractivity contribution in [2.75, 3.05) is 5.75 Å². The van der Waals surface area contributed by atoms with Crippen molar-refractivity contribution in [2.24, 2.45) is 5.41 Å². The summed E-state index contributed by atoms with van der Waals surface area (Å²) in [6, 6.07) is 0. The standard InChI is InChI=1S/C7H14ClFO2S/c1-6(2,3)7(4,9)5-12(8,10)11/h5H2,1-4H3. The van der Waals surface area contributed by atoms with Gasteiger partial charge in [0, 0.05) is 10.7 Å². The highest BCUT2D eigenvalue weighted by Gasteiger charge is 2.41. The van der Waals surface area contributed by atoms with Gasteiger partial charge < -0.3 is 0 Å².